The van der Waals surface area contributed by atoms with E-state index in [-0.39, 0.29) is 11.4 Å². The van der Waals surface area contributed by atoms with E-state index < -0.39 is 0 Å². The van der Waals surface area contributed by atoms with Gasteiger partial charge in [-0.05, 0) is 44.4 Å². The van der Waals surface area contributed by atoms with Gasteiger partial charge in [-0.1, -0.05) is 52.5 Å². The molecule has 0 N–H and O–H groups in total. The highest BCUT2D eigenvalue weighted by Gasteiger charge is 2.29. The second-order valence-corrected chi connectivity index (χ2v) is 5.24. The van der Waals surface area contributed by atoms with E-state index in [1.165, 1.54) is 6.08 Å². The Morgan fingerprint density at radius 2 is 2.00 bits per heavy atom. The molecule has 112 valence electrons. The van der Waals surface area contributed by atoms with Crippen molar-refractivity contribution in [2.75, 3.05) is 0 Å². The summed E-state index contributed by atoms with van der Waals surface area (Å²) in [6.45, 7) is 15.9. The second-order valence-electron chi connectivity index (χ2n) is 5.24. The zero-order valence-electron chi connectivity index (χ0n) is 13.8. The van der Waals surface area contributed by atoms with Crippen molar-refractivity contribution in [3.8, 4) is 0 Å². The second kappa shape index (κ2) is 8.57. The van der Waals surface area contributed by atoms with Crippen LogP contribution in [0, 0.1) is 5.92 Å². The Hall–Kier alpha value is -1.57. The van der Waals surface area contributed by atoms with Crippen LogP contribution in [0.4, 0.5) is 0 Å². The molecule has 0 saturated carbocycles. The summed E-state index contributed by atoms with van der Waals surface area (Å²) in [7, 11) is 0. The first-order chi connectivity index (χ1) is 9.42. The minimum atomic E-state index is -0.219. The van der Waals surface area contributed by atoms with Crippen LogP contribution in [0.1, 0.15) is 48.0 Å². The first-order valence-electron chi connectivity index (χ1n) is 7.45. The van der Waals surface area contributed by atoms with Crippen molar-refractivity contribution >= 4 is 5.91 Å². The fourth-order valence-corrected chi connectivity index (χ4v) is 1.87. The molecule has 1 aliphatic carbocycles. The standard InChI is InChI=1S/C16H23NO.C2H6/c1-6-15(18)17(16(4,5)7-2)14-10-8-9-13(3)11-12-14;1-2/h6,8-13H,1,7H2,2-5H3;1-2H3. The maximum Gasteiger partial charge on any atom is 0.250 e. The Bertz CT molecular complexity index is 413. The van der Waals surface area contributed by atoms with Crippen molar-refractivity contribution in [2.24, 2.45) is 5.92 Å². The molecule has 1 amide bonds. The molecule has 1 aliphatic rings. The molecule has 2 heteroatoms. The SMILES string of the molecule is C=CC(=O)N(C1=CC=CC(C)C=C1)C(C)(C)CC.CC. The quantitative estimate of drug-likeness (QED) is 0.671. The van der Waals surface area contributed by atoms with Gasteiger partial charge >= 0.3 is 0 Å². The maximum absolute atomic E-state index is 12.1. The van der Waals surface area contributed by atoms with E-state index in [0.717, 1.165) is 12.1 Å². The molecule has 0 bridgehead atoms. The molecular weight excluding hydrogens is 246 g/mol. The van der Waals surface area contributed by atoms with Crippen molar-refractivity contribution in [1.82, 2.24) is 4.90 Å². The van der Waals surface area contributed by atoms with E-state index >= 15 is 0 Å². The lowest BCUT2D eigenvalue weighted by atomic mass is 9.97. The van der Waals surface area contributed by atoms with E-state index in [1.54, 1.807) is 0 Å². The number of carbonyl (C=O) groups excluding carboxylic acids is 1. The predicted molar refractivity (Wildman–Crippen MR) is 88.3 cm³/mol. The van der Waals surface area contributed by atoms with Crippen LogP contribution in [0.15, 0.2) is 48.7 Å². The fraction of sp³-hybridized carbons (Fsp3) is 0.500. The highest BCUT2D eigenvalue weighted by atomic mass is 16.2. The third-order valence-electron chi connectivity index (χ3n) is 3.38. The van der Waals surface area contributed by atoms with Gasteiger partial charge in [-0.2, -0.15) is 0 Å². The summed E-state index contributed by atoms with van der Waals surface area (Å²) in [6, 6.07) is 0. The molecule has 0 radical (unpaired) electrons. The molecule has 1 unspecified atom stereocenters. The van der Waals surface area contributed by atoms with Crippen LogP contribution in [0.25, 0.3) is 0 Å². The molecule has 1 atom stereocenters. The van der Waals surface area contributed by atoms with E-state index in [1.807, 2.05) is 37.0 Å². The van der Waals surface area contributed by atoms with Crippen molar-refractivity contribution in [1.29, 1.82) is 0 Å². The normalized spacial score (nSPS) is 17.5. The Morgan fingerprint density at radius 1 is 1.40 bits per heavy atom. The highest BCUT2D eigenvalue weighted by molar-refractivity contribution is 5.89. The van der Waals surface area contributed by atoms with Gasteiger partial charge in [-0.25, -0.2) is 0 Å². The van der Waals surface area contributed by atoms with Gasteiger partial charge in [0.1, 0.15) is 0 Å². The Morgan fingerprint density at radius 3 is 2.50 bits per heavy atom. The topological polar surface area (TPSA) is 20.3 Å². The van der Waals surface area contributed by atoms with Gasteiger partial charge in [0, 0.05) is 11.2 Å². The molecule has 0 spiro atoms. The molecule has 0 aromatic carbocycles. The minimum Gasteiger partial charge on any atom is -0.303 e. The number of nitrogens with zero attached hydrogens (tertiary/aromatic N) is 1. The first kappa shape index (κ1) is 18.4. The van der Waals surface area contributed by atoms with Crippen LogP contribution in [0.3, 0.4) is 0 Å². The lowest BCUT2D eigenvalue weighted by molar-refractivity contribution is -0.128. The van der Waals surface area contributed by atoms with Crippen LogP contribution in [-0.2, 0) is 4.79 Å². The maximum atomic E-state index is 12.1. The highest BCUT2D eigenvalue weighted by Crippen LogP contribution is 2.26. The summed E-state index contributed by atoms with van der Waals surface area (Å²) in [5.74, 6) is 0.338. The van der Waals surface area contributed by atoms with Crippen LogP contribution in [0.2, 0.25) is 0 Å². The first-order valence-corrected chi connectivity index (χ1v) is 7.45. The van der Waals surface area contributed by atoms with Gasteiger partial charge in [0.25, 0.3) is 5.91 Å². The van der Waals surface area contributed by atoms with Crippen LogP contribution in [-0.4, -0.2) is 16.3 Å². The summed E-state index contributed by atoms with van der Waals surface area (Å²) < 4.78 is 0. The van der Waals surface area contributed by atoms with Gasteiger partial charge < -0.3 is 4.90 Å². The van der Waals surface area contributed by atoms with Gasteiger partial charge in [0.2, 0.25) is 0 Å². The fourth-order valence-electron chi connectivity index (χ4n) is 1.87. The molecule has 0 aliphatic heterocycles. The lowest BCUT2D eigenvalue weighted by Crippen LogP contribution is -2.45. The van der Waals surface area contributed by atoms with E-state index in [0.29, 0.717) is 5.92 Å². The van der Waals surface area contributed by atoms with Crippen LogP contribution < -0.4 is 0 Å². The summed E-state index contributed by atoms with van der Waals surface area (Å²) in [5.41, 5.74) is 0.704. The van der Waals surface area contributed by atoms with Crippen molar-refractivity contribution in [2.45, 2.75) is 53.5 Å². The minimum absolute atomic E-state index is 0.0549. The Labute approximate surface area is 124 Å². The molecule has 2 nitrogen and oxygen atoms in total. The molecule has 0 saturated heterocycles. The molecule has 20 heavy (non-hydrogen) atoms. The van der Waals surface area contributed by atoms with Crippen LogP contribution >= 0.6 is 0 Å². The molecule has 0 fully saturated rings. The average molecular weight is 275 g/mol. The monoisotopic (exact) mass is 275 g/mol. The number of hydrogen-bond acceptors (Lipinski definition) is 1. The van der Waals surface area contributed by atoms with Crippen LogP contribution in [0.5, 0.6) is 0 Å². The zero-order chi connectivity index (χ0) is 15.8. The van der Waals surface area contributed by atoms with Gasteiger partial charge in [-0.15, -0.1) is 0 Å². The number of amides is 1. The van der Waals surface area contributed by atoms with E-state index in [9.17, 15) is 4.79 Å². The molecule has 0 aromatic rings. The third-order valence-corrected chi connectivity index (χ3v) is 3.38. The van der Waals surface area contributed by atoms with E-state index in [4.69, 9.17) is 0 Å². The summed E-state index contributed by atoms with van der Waals surface area (Å²) in [5, 5.41) is 0. The molecule has 0 aromatic heterocycles. The number of hydrogen-bond donors (Lipinski definition) is 0. The molecule has 1 rings (SSSR count). The number of carbonyl (C=O) groups is 1. The average Bonchev–Trinajstić information content (AvgIpc) is 2.66. The zero-order valence-corrected chi connectivity index (χ0v) is 13.8. The number of allylic oxidation sites excluding steroid dienone is 5. The van der Waals surface area contributed by atoms with Gasteiger partial charge in [0.05, 0.1) is 0 Å². The summed E-state index contributed by atoms with van der Waals surface area (Å²) >= 11 is 0. The summed E-state index contributed by atoms with van der Waals surface area (Å²) in [6.07, 6.45) is 12.5. The van der Waals surface area contributed by atoms with Gasteiger partial charge in [0.15, 0.2) is 0 Å². The summed E-state index contributed by atoms with van der Waals surface area (Å²) in [4.78, 5) is 13.9. The number of rotatable bonds is 4. The van der Waals surface area contributed by atoms with Crippen molar-refractivity contribution < 1.29 is 4.79 Å². The van der Waals surface area contributed by atoms with Crippen molar-refractivity contribution in [3.05, 3.63) is 48.7 Å². The Kier molecular flexibility index (Phi) is 7.90. The molecule has 0 heterocycles. The predicted octanol–water partition coefficient (Wildman–Crippen LogP) is 4.86. The Balaban J connectivity index is 0.00000172. The van der Waals surface area contributed by atoms with E-state index in [2.05, 4.69) is 46.4 Å². The largest absolute Gasteiger partial charge is 0.303 e. The smallest absolute Gasteiger partial charge is 0.250 e. The van der Waals surface area contributed by atoms with Crippen molar-refractivity contribution in [3.63, 3.8) is 0 Å². The van der Waals surface area contributed by atoms with Gasteiger partial charge in [-0.3, -0.25) is 4.79 Å². The third kappa shape index (κ3) is 4.84. The molecular formula is C18H29NO. The lowest BCUT2D eigenvalue weighted by Gasteiger charge is -2.38.